The van der Waals surface area contributed by atoms with Gasteiger partial charge in [0.25, 0.3) is 0 Å². The van der Waals surface area contributed by atoms with Gasteiger partial charge in [-0.3, -0.25) is 0 Å². The van der Waals surface area contributed by atoms with Crippen molar-refractivity contribution in [1.29, 1.82) is 0 Å². The van der Waals surface area contributed by atoms with E-state index in [2.05, 4.69) is 33.6 Å². The van der Waals surface area contributed by atoms with E-state index in [9.17, 15) is 5.11 Å². The van der Waals surface area contributed by atoms with Crippen LogP contribution in [-0.2, 0) is 0 Å². The van der Waals surface area contributed by atoms with Crippen LogP contribution in [0.25, 0.3) is 5.52 Å². The lowest BCUT2D eigenvalue weighted by Crippen LogP contribution is -2.17. The molecule has 3 nitrogen and oxygen atoms in total. The van der Waals surface area contributed by atoms with E-state index >= 15 is 0 Å². The Hall–Kier alpha value is -0.620. The summed E-state index contributed by atoms with van der Waals surface area (Å²) in [5.41, 5.74) is 2.10. The number of fused-ring (bicyclic) bond motifs is 1. The van der Waals surface area contributed by atoms with Gasteiger partial charge < -0.3 is 9.51 Å². The van der Waals surface area contributed by atoms with Gasteiger partial charge in [-0.05, 0) is 47.4 Å². The van der Waals surface area contributed by atoms with Gasteiger partial charge in [-0.15, -0.1) is 0 Å². The van der Waals surface area contributed by atoms with E-state index in [4.69, 9.17) is 0 Å². The zero-order valence-electron chi connectivity index (χ0n) is 10.2. The topological polar surface area (TPSA) is 37.5 Å². The minimum atomic E-state index is -0.349. The molecule has 4 heteroatoms. The molecule has 0 unspecified atom stereocenters. The first-order valence-corrected chi connectivity index (χ1v) is 7.63. The molecule has 0 spiro atoms. The molecule has 0 radical (unpaired) electrons. The summed E-state index contributed by atoms with van der Waals surface area (Å²) >= 11 is 2.32. The van der Waals surface area contributed by atoms with E-state index in [1.807, 2.05) is 16.8 Å². The van der Waals surface area contributed by atoms with Crippen LogP contribution in [0.1, 0.15) is 43.8 Å². The first-order valence-electron chi connectivity index (χ1n) is 6.55. The van der Waals surface area contributed by atoms with E-state index in [0.717, 1.165) is 27.5 Å². The summed E-state index contributed by atoms with van der Waals surface area (Å²) in [4.78, 5) is 4.18. The number of aromatic nitrogens is 2. The molecule has 1 N–H and O–H groups in total. The summed E-state index contributed by atoms with van der Waals surface area (Å²) in [7, 11) is 0. The van der Waals surface area contributed by atoms with Gasteiger partial charge in [-0.1, -0.05) is 19.3 Å². The number of hydrogen-bond donors (Lipinski definition) is 1. The number of hydrogen-bond acceptors (Lipinski definition) is 2. The van der Waals surface area contributed by atoms with Crippen molar-refractivity contribution in [3.8, 4) is 0 Å². The number of pyridine rings is 1. The zero-order chi connectivity index (χ0) is 12.5. The monoisotopic (exact) mass is 356 g/mol. The van der Waals surface area contributed by atoms with Crippen molar-refractivity contribution in [2.75, 3.05) is 0 Å². The number of halogens is 1. The van der Waals surface area contributed by atoms with Crippen molar-refractivity contribution in [3.63, 3.8) is 0 Å². The van der Waals surface area contributed by atoms with Crippen LogP contribution in [0, 0.1) is 9.49 Å². The molecule has 0 aromatic carbocycles. The lowest BCUT2D eigenvalue weighted by Gasteiger charge is -2.27. The highest BCUT2D eigenvalue weighted by Crippen LogP contribution is 2.37. The van der Waals surface area contributed by atoms with Crippen LogP contribution >= 0.6 is 22.6 Å². The van der Waals surface area contributed by atoms with E-state index in [0.29, 0.717) is 5.92 Å². The third-order valence-corrected chi connectivity index (χ3v) is 4.91. The fourth-order valence-electron chi connectivity index (χ4n) is 2.97. The van der Waals surface area contributed by atoms with Gasteiger partial charge >= 0.3 is 0 Å². The second-order valence-electron chi connectivity index (χ2n) is 5.11. The third-order valence-electron chi connectivity index (χ3n) is 3.97. The van der Waals surface area contributed by atoms with Gasteiger partial charge in [-0.2, -0.15) is 0 Å². The molecule has 1 saturated carbocycles. The molecule has 3 rings (SSSR count). The van der Waals surface area contributed by atoms with Gasteiger partial charge in [-0.25, -0.2) is 4.98 Å². The normalized spacial score (nSPS) is 19.2. The Morgan fingerprint density at radius 3 is 2.89 bits per heavy atom. The van der Waals surface area contributed by atoms with Crippen LogP contribution in [0.15, 0.2) is 24.8 Å². The van der Waals surface area contributed by atoms with Gasteiger partial charge in [0.1, 0.15) is 0 Å². The minimum Gasteiger partial charge on any atom is -0.388 e. The van der Waals surface area contributed by atoms with E-state index < -0.39 is 0 Å². The summed E-state index contributed by atoms with van der Waals surface area (Å²) in [6.45, 7) is 0. The van der Waals surface area contributed by atoms with Gasteiger partial charge in [0, 0.05) is 15.3 Å². The fourth-order valence-corrected chi connectivity index (χ4v) is 3.72. The van der Waals surface area contributed by atoms with Crippen molar-refractivity contribution < 1.29 is 5.11 Å². The molecule has 1 aliphatic carbocycles. The first kappa shape index (κ1) is 12.4. The lowest BCUT2D eigenvalue weighted by atomic mass is 9.83. The highest BCUT2D eigenvalue weighted by molar-refractivity contribution is 14.1. The number of aliphatic hydroxyl groups is 1. The molecule has 1 aliphatic rings. The maximum absolute atomic E-state index is 10.7. The van der Waals surface area contributed by atoms with Crippen molar-refractivity contribution in [2.45, 2.75) is 38.2 Å². The molecule has 0 bridgehead atoms. The van der Waals surface area contributed by atoms with Crippen molar-refractivity contribution in [3.05, 3.63) is 33.9 Å². The molecule has 0 amide bonds. The molecule has 1 atom stereocenters. The van der Waals surface area contributed by atoms with Crippen LogP contribution in [0.2, 0.25) is 0 Å². The molecule has 0 aliphatic heterocycles. The van der Waals surface area contributed by atoms with E-state index in [1.165, 1.54) is 19.3 Å². The Morgan fingerprint density at radius 2 is 2.11 bits per heavy atom. The maximum atomic E-state index is 10.7. The Labute approximate surface area is 120 Å². The van der Waals surface area contributed by atoms with Crippen LogP contribution in [0.4, 0.5) is 0 Å². The summed E-state index contributed by atoms with van der Waals surface area (Å²) in [6, 6.07) is 2.05. The zero-order valence-corrected chi connectivity index (χ0v) is 12.4. The maximum Gasteiger partial charge on any atom is 0.0992 e. The average Bonchev–Trinajstić information content (AvgIpc) is 2.87. The SMILES string of the molecule is O[C@@H](c1c(I)ccn2cncc12)C1CCCCC1. The standard InChI is InChI=1S/C14H17IN2O/c15-11-6-7-17-9-16-8-12(17)13(11)14(18)10-4-2-1-3-5-10/h6-10,14,18H,1-5H2/t14-/m1/s1. The highest BCUT2D eigenvalue weighted by atomic mass is 127. The summed E-state index contributed by atoms with van der Waals surface area (Å²) in [6.07, 6.45) is 11.4. The molecule has 2 heterocycles. The summed E-state index contributed by atoms with van der Waals surface area (Å²) < 4.78 is 3.13. The summed E-state index contributed by atoms with van der Waals surface area (Å²) in [5, 5.41) is 10.7. The highest BCUT2D eigenvalue weighted by Gasteiger charge is 2.26. The second-order valence-corrected chi connectivity index (χ2v) is 6.27. The number of imidazole rings is 1. The lowest BCUT2D eigenvalue weighted by molar-refractivity contribution is 0.0851. The molecule has 2 aromatic heterocycles. The van der Waals surface area contributed by atoms with Gasteiger partial charge in [0.2, 0.25) is 0 Å². The van der Waals surface area contributed by atoms with Crippen molar-refractivity contribution >= 4 is 28.1 Å². The fraction of sp³-hybridized carbons (Fsp3) is 0.500. The molecular weight excluding hydrogens is 339 g/mol. The van der Waals surface area contributed by atoms with Crippen molar-refractivity contribution in [2.24, 2.45) is 5.92 Å². The molecule has 0 saturated heterocycles. The number of nitrogens with zero attached hydrogens (tertiary/aromatic N) is 2. The number of rotatable bonds is 2. The Balaban J connectivity index is 2.01. The van der Waals surface area contributed by atoms with Crippen LogP contribution in [-0.4, -0.2) is 14.5 Å². The minimum absolute atomic E-state index is 0.349. The molecule has 2 aromatic rings. The first-order chi connectivity index (χ1) is 8.77. The predicted molar refractivity (Wildman–Crippen MR) is 79.4 cm³/mol. The molecular formula is C14H17IN2O. The van der Waals surface area contributed by atoms with Gasteiger partial charge in [0.05, 0.1) is 24.1 Å². The predicted octanol–water partition coefficient (Wildman–Crippen LogP) is 3.55. The van der Waals surface area contributed by atoms with Crippen LogP contribution in [0.3, 0.4) is 0 Å². The third kappa shape index (κ3) is 2.16. The van der Waals surface area contributed by atoms with Gasteiger partial charge in [0.15, 0.2) is 0 Å². The Kier molecular flexibility index (Phi) is 3.56. The van der Waals surface area contributed by atoms with E-state index in [-0.39, 0.29) is 6.10 Å². The quantitative estimate of drug-likeness (QED) is 0.836. The van der Waals surface area contributed by atoms with E-state index in [1.54, 1.807) is 6.33 Å². The van der Waals surface area contributed by atoms with Crippen LogP contribution < -0.4 is 0 Å². The second kappa shape index (κ2) is 5.17. The Morgan fingerprint density at radius 1 is 1.33 bits per heavy atom. The smallest absolute Gasteiger partial charge is 0.0992 e. The summed E-state index contributed by atoms with van der Waals surface area (Å²) in [5.74, 6) is 0.411. The Bertz CT molecular complexity index is 546. The molecule has 1 fully saturated rings. The molecule has 18 heavy (non-hydrogen) atoms. The molecule has 96 valence electrons. The number of aliphatic hydroxyl groups excluding tert-OH is 1. The average molecular weight is 356 g/mol. The van der Waals surface area contributed by atoms with Crippen LogP contribution in [0.5, 0.6) is 0 Å². The van der Waals surface area contributed by atoms with Crippen molar-refractivity contribution in [1.82, 2.24) is 9.38 Å². The largest absolute Gasteiger partial charge is 0.388 e.